The third kappa shape index (κ3) is 3.34. The molecule has 2 N–H and O–H groups in total. The van der Waals surface area contributed by atoms with Crippen molar-refractivity contribution >= 4 is 16.7 Å². The number of carbonyl (C=O) groups is 1. The van der Waals surface area contributed by atoms with Gasteiger partial charge in [-0.3, -0.25) is 4.79 Å². The molecular weight excluding hydrogens is 264 g/mol. The molecule has 0 spiro atoms. The van der Waals surface area contributed by atoms with Crippen LogP contribution in [0, 0.1) is 0 Å². The van der Waals surface area contributed by atoms with Crippen LogP contribution in [0.2, 0.25) is 0 Å². The first-order valence-electron chi connectivity index (χ1n) is 7.18. The SMILES string of the molecule is CCN(C)C(=O)COc1c([C@H](C)N)ccc2ccccc12. The van der Waals surface area contributed by atoms with E-state index in [1.165, 1.54) is 0 Å². The molecule has 1 atom stereocenters. The van der Waals surface area contributed by atoms with Crippen molar-refractivity contribution in [3.8, 4) is 5.75 Å². The molecule has 4 nitrogen and oxygen atoms in total. The second kappa shape index (κ2) is 6.59. The molecule has 0 aliphatic rings. The van der Waals surface area contributed by atoms with Crippen LogP contribution in [0.3, 0.4) is 0 Å². The molecule has 2 aromatic carbocycles. The quantitative estimate of drug-likeness (QED) is 0.919. The van der Waals surface area contributed by atoms with E-state index in [1.807, 2.05) is 50.2 Å². The number of likely N-dealkylation sites (N-methyl/N-ethyl adjacent to an activating group) is 1. The fourth-order valence-electron chi connectivity index (χ4n) is 2.20. The average molecular weight is 286 g/mol. The van der Waals surface area contributed by atoms with Gasteiger partial charge in [0.2, 0.25) is 0 Å². The Labute approximate surface area is 125 Å². The molecule has 0 heterocycles. The Morgan fingerprint density at radius 1 is 1.29 bits per heavy atom. The number of fused-ring (bicyclic) bond motifs is 1. The summed E-state index contributed by atoms with van der Waals surface area (Å²) in [5.41, 5.74) is 6.94. The molecule has 1 amide bonds. The topological polar surface area (TPSA) is 55.6 Å². The van der Waals surface area contributed by atoms with Crippen molar-refractivity contribution in [1.29, 1.82) is 0 Å². The molecule has 2 rings (SSSR count). The fraction of sp³-hybridized carbons (Fsp3) is 0.353. The Hall–Kier alpha value is -2.07. The molecule has 2 aromatic rings. The van der Waals surface area contributed by atoms with Gasteiger partial charge in [0, 0.05) is 30.6 Å². The van der Waals surface area contributed by atoms with Crippen LogP contribution < -0.4 is 10.5 Å². The Bertz CT molecular complexity index is 638. The predicted octanol–water partition coefficient (Wildman–Crippen LogP) is 2.72. The van der Waals surface area contributed by atoms with Crippen molar-refractivity contribution < 1.29 is 9.53 Å². The van der Waals surface area contributed by atoms with Crippen molar-refractivity contribution in [2.75, 3.05) is 20.2 Å². The molecule has 0 unspecified atom stereocenters. The molecule has 0 aliphatic heterocycles. The maximum absolute atomic E-state index is 11.9. The first-order chi connectivity index (χ1) is 10.0. The lowest BCUT2D eigenvalue weighted by molar-refractivity contribution is -0.131. The molecule has 0 radical (unpaired) electrons. The van der Waals surface area contributed by atoms with Crippen LogP contribution in [-0.2, 0) is 4.79 Å². The number of nitrogens with two attached hydrogens (primary N) is 1. The molecule has 0 bridgehead atoms. The van der Waals surface area contributed by atoms with Crippen LogP contribution in [0.15, 0.2) is 36.4 Å². The summed E-state index contributed by atoms with van der Waals surface area (Å²) in [6.45, 7) is 4.54. The number of amides is 1. The highest BCUT2D eigenvalue weighted by molar-refractivity contribution is 5.90. The van der Waals surface area contributed by atoms with E-state index in [1.54, 1.807) is 11.9 Å². The lowest BCUT2D eigenvalue weighted by Crippen LogP contribution is -2.31. The van der Waals surface area contributed by atoms with E-state index < -0.39 is 0 Å². The summed E-state index contributed by atoms with van der Waals surface area (Å²) in [5.74, 6) is 0.669. The summed E-state index contributed by atoms with van der Waals surface area (Å²) in [6, 6.07) is 11.8. The highest BCUT2D eigenvalue weighted by Crippen LogP contribution is 2.32. The monoisotopic (exact) mass is 286 g/mol. The Kier molecular flexibility index (Phi) is 4.81. The normalized spacial score (nSPS) is 12.2. The number of nitrogens with zero attached hydrogens (tertiary/aromatic N) is 1. The zero-order valence-electron chi connectivity index (χ0n) is 12.8. The van der Waals surface area contributed by atoms with Crippen molar-refractivity contribution in [3.63, 3.8) is 0 Å². The van der Waals surface area contributed by atoms with E-state index in [-0.39, 0.29) is 18.6 Å². The highest BCUT2D eigenvalue weighted by Gasteiger charge is 2.14. The number of ether oxygens (including phenoxy) is 1. The largest absolute Gasteiger partial charge is 0.483 e. The second-order valence-electron chi connectivity index (χ2n) is 5.19. The molecule has 0 fully saturated rings. The summed E-state index contributed by atoms with van der Waals surface area (Å²) in [7, 11) is 1.77. The fourth-order valence-corrected chi connectivity index (χ4v) is 2.20. The van der Waals surface area contributed by atoms with Gasteiger partial charge in [0.05, 0.1) is 0 Å². The van der Waals surface area contributed by atoms with E-state index >= 15 is 0 Å². The van der Waals surface area contributed by atoms with Crippen LogP contribution >= 0.6 is 0 Å². The Morgan fingerprint density at radius 3 is 2.67 bits per heavy atom. The third-order valence-corrected chi connectivity index (χ3v) is 3.64. The van der Waals surface area contributed by atoms with Gasteiger partial charge in [0.25, 0.3) is 5.91 Å². The minimum absolute atomic E-state index is 0.0259. The van der Waals surface area contributed by atoms with E-state index in [4.69, 9.17) is 10.5 Å². The lowest BCUT2D eigenvalue weighted by Gasteiger charge is -2.19. The van der Waals surface area contributed by atoms with Crippen LogP contribution in [0.1, 0.15) is 25.5 Å². The number of hydrogen-bond acceptors (Lipinski definition) is 3. The molecule has 4 heteroatoms. The summed E-state index contributed by atoms with van der Waals surface area (Å²) >= 11 is 0. The molecule has 112 valence electrons. The minimum atomic E-state index is -0.149. The standard InChI is InChI=1S/C17H22N2O2/c1-4-19(3)16(20)11-21-17-14(12(2)18)10-9-13-7-5-6-8-15(13)17/h5-10,12H,4,11,18H2,1-3H3/t12-/m0/s1. The number of carbonyl (C=O) groups excluding carboxylic acids is 1. The molecule has 0 saturated carbocycles. The third-order valence-electron chi connectivity index (χ3n) is 3.64. The van der Waals surface area contributed by atoms with E-state index in [9.17, 15) is 4.79 Å². The van der Waals surface area contributed by atoms with E-state index in [0.29, 0.717) is 12.3 Å². The van der Waals surface area contributed by atoms with E-state index in [2.05, 4.69) is 0 Å². The minimum Gasteiger partial charge on any atom is -0.483 e. The Morgan fingerprint density at radius 2 is 2.00 bits per heavy atom. The van der Waals surface area contributed by atoms with Crippen LogP contribution in [0.25, 0.3) is 10.8 Å². The van der Waals surface area contributed by atoms with Crippen molar-refractivity contribution in [2.24, 2.45) is 5.73 Å². The van der Waals surface area contributed by atoms with Gasteiger partial charge >= 0.3 is 0 Å². The van der Waals surface area contributed by atoms with Crippen LogP contribution in [0.5, 0.6) is 5.75 Å². The van der Waals surface area contributed by atoms with Gasteiger partial charge in [-0.25, -0.2) is 0 Å². The summed E-state index contributed by atoms with van der Waals surface area (Å²) < 4.78 is 5.83. The first-order valence-corrected chi connectivity index (χ1v) is 7.18. The van der Waals surface area contributed by atoms with Gasteiger partial charge in [0.15, 0.2) is 6.61 Å². The number of hydrogen-bond donors (Lipinski definition) is 1. The summed E-state index contributed by atoms with van der Waals surface area (Å²) in [6.07, 6.45) is 0. The molecule has 0 saturated heterocycles. The van der Waals surface area contributed by atoms with Crippen molar-refractivity contribution in [2.45, 2.75) is 19.9 Å². The maximum Gasteiger partial charge on any atom is 0.260 e. The maximum atomic E-state index is 11.9. The van der Waals surface area contributed by atoms with Gasteiger partial charge in [-0.1, -0.05) is 36.4 Å². The smallest absolute Gasteiger partial charge is 0.260 e. The zero-order valence-corrected chi connectivity index (χ0v) is 12.8. The highest BCUT2D eigenvalue weighted by atomic mass is 16.5. The van der Waals surface area contributed by atoms with E-state index in [0.717, 1.165) is 16.3 Å². The van der Waals surface area contributed by atoms with Gasteiger partial charge in [-0.2, -0.15) is 0 Å². The van der Waals surface area contributed by atoms with Crippen molar-refractivity contribution in [3.05, 3.63) is 42.0 Å². The van der Waals surface area contributed by atoms with Crippen molar-refractivity contribution in [1.82, 2.24) is 4.90 Å². The van der Waals surface area contributed by atoms with Crippen LogP contribution in [-0.4, -0.2) is 31.0 Å². The molecule has 21 heavy (non-hydrogen) atoms. The number of rotatable bonds is 5. The van der Waals surface area contributed by atoms with Gasteiger partial charge < -0.3 is 15.4 Å². The lowest BCUT2D eigenvalue weighted by atomic mass is 10.0. The predicted molar refractivity (Wildman–Crippen MR) is 85.4 cm³/mol. The average Bonchev–Trinajstić information content (AvgIpc) is 2.50. The van der Waals surface area contributed by atoms with Gasteiger partial charge in [-0.05, 0) is 19.2 Å². The summed E-state index contributed by atoms with van der Waals surface area (Å²) in [4.78, 5) is 13.6. The first kappa shape index (κ1) is 15.3. The van der Waals surface area contributed by atoms with Gasteiger partial charge in [-0.15, -0.1) is 0 Å². The second-order valence-corrected chi connectivity index (χ2v) is 5.19. The number of benzene rings is 2. The van der Waals surface area contributed by atoms with Crippen LogP contribution in [0.4, 0.5) is 0 Å². The summed E-state index contributed by atoms with van der Waals surface area (Å²) in [5, 5.41) is 2.06. The molecule has 0 aliphatic carbocycles. The molecule has 0 aromatic heterocycles. The van der Waals surface area contributed by atoms with Gasteiger partial charge in [0.1, 0.15) is 5.75 Å². The molecular formula is C17H22N2O2. The Balaban J connectivity index is 2.36. The zero-order chi connectivity index (χ0) is 15.4.